The van der Waals surface area contributed by atoms with E-state index in [9.17, 15) is 9.59 Å². The molecule has 0 spiro atoms. The molecule has 0 aromatic heterocycles. The maximum Gasteiger partial charge on any atom is 0.323 e. The number of methoxy groups -OCH3 is 4. The lowest BCUT2D eigenvalue weighted by Gasteiger charge is -2.22. The number of halogens is 1. The quantitative estimate of drug-likeness (QED) is 0.281. The molecule has 4 rings (SSSR count). The molecule has 6 nitrogen and oxygen atoms in total. The molecule has 0 saturated carbocycles. The summed E-state index contributed by atoms with van der Waals surface area (Å²) in [6, 6.07) is 16.8. The Balaban J connectivity index is 1.92. The number of carbonyl (C=O) groups excluding carboxylic acids is 2. The lowest BCUT2D eigenvalue weighted by atomic mass is 9.84. The molecule has 0 unspecified atom stereocenters. The first-order chi connectivity index (χ1) is 17.4. The predicted molar refractivity (Wildman–Crippen MR) is 136 cm³/mol. The zero-order valence-corrected chi connectivity index (χ0v) is 21.2. The van der Waals surface area contributed by atoms with Gasteiger partial charge in [-0.2, -0.15) is 0 Å². The third-order valence-corrected chi connectivity index (χ3v) is 6.76. The third-order valence-electron chi connectivity index (χ3n) is 6.43. The predicted octanol–water partition coefficient (Wildman–Crippen LogP) is 4.86. The molecule has 0 amide bonds. The van der Waals surface area contributed by atoms with Gasteiger partial charge >= 0.3 is 11.9 Å². The van der Waals surface area contributed by atoms with Gasteiger partial charge in [0.2, 0.25) is 0 Å². The van der Waals surface area contributed by atoms with Crippen molar-refractivity contribution in [3.8, 4) is 34.5 Å². The molecule has 1 aliphatic rings. The van der Waals surface area contributed by atoms with E-state index in [0.717, 1.165) is 28.0 Å². The Labute approximate surface area is 215 Å². The van der Waals surface area contributed by atoms with E-state index in [4.69, 9.17) is 30.5 Å². The fourth-order valence-corrected chi connectivity index (χ4v) is 4.80. The molecule has 36 heavy (non-hydrogen) atoms. The van der Waals surface area contributed by atoms with E-state index in [1.54, 1.807) is 14.2 Å². The van der Waals surface area contributed by atoms with Gasteiger partial charge in [-0.3, -0.25) is 9.59 Å². The second-order valence-corrected chi connectivity index (χ2v) is 8.77. The maximum absolute atomic E-state index is 12.9. The minimum Gasteiger partial charge on any atom is -0.497 e. The van der Waals surface area contributed by atoms with E-state index in [1.165, 1.54) is 14.2 Å². The van der Waals surface area contributed by atoms with Crippen LogP contribution in [0.3, 0.4) is 0 Å². The molecule has 3 aromatic carbocycles. The van der Waals surface area contributed by atoms with Gasteiger partial charge in [0.25, 0.3) is 0 Å². The van der Waals surface area contributed by atoms with Crippen LogP contribution in [0.15, 0.2) is 54.6 Å². The molecule has 3 aromatic rings. The molecule has 0 N–H and O–H groups in total. The summed E-state index contributed by atoms with van der Waals surface area (Å²) in [6.07, 6.45) is 0.138. The Bertz CT molecular complexity index is 1350. The normalized spacial score (nSPS) is 13.1. The first-order valence-electron chi connectivity index (χ1n) is 11.2. The van der Waals surface area contributed by atoms with Crippen molar-refractivity contribution in [2.24, 2.45) is 5.41 Å². The van der Waals surface area contributed by atoms with Crippen LogP contribution in [0.5, 0.6) is 11.5 Å². The second-order valence-electron chi connectivity index (χ2n) is 8.36. The van der Waals surface area contributed by atoms with Gasteiger partial charge in [-0.1, -0.05) is 35.6 Å². The lowest BCUT2D eigenvalue weighted by molar-refractivity contribution is -0.168. The lowest BCUT2D eigenvalue weighted by Crippen LogP contribution is -2.42. The first kappa shape index (κ1) is 25.2. The summed E-state index contributed by atoms with van der Waals surface area (Å²) in [6.45, 7) is 0. The SMILES string of the molecule is COC(=O)C1(C(=O)OC)Cc2c(Cl)cc(-c3ccc(OC)cc3)c(C#Cc3ccc(OC)cc3)c2C1. The first-order valence-corrected chi connectivity index (χ1v) is 11.6. The van der Waals surface area contributed by atoms with Crippen molar-refractivity contribution in [3.05, 3.63) is 81.9 Å². The van der Waals surface area contributed by atoms with Crippen molar-refractivity contribution in [2.75, 3.05) is 28.4 Å². The van der Waals surface area contributed by atoms with Crippen LogP contribution in [-0.4, -0.2) is 40.4 Å². The number of ether oxygens (including phenoxy) is 4. The van der Waals surface area contributed by atoms with Crippen LogP contribution in [0.1, 0.15) is 22.3 Å². The smallest absolute Gasteiger partial charge is 0.323 e. The average molecular weight is 505 g/mol. The summed E-state index contributed by atoms with van der Waals surface area (Å²) in [5, 5.41) is 0.445. The van der Waals surface area contributed by atoms with Gasteiger partial charge < -0.3 is 18.9 Å². The van der Waals surface area contributed by atoms with Crippen molar-refractivity contribution >= 4 is 23.5 Å². The van der Waals surface area contributed by atoms with E-state index >= 15 is 0 Å². The monoisotopic (exact) mass is 504 g/mol. The molecule has 0 saturated heterocycles. The average Bonchev–Trinajstić information content (AvgIpc) is 3.34. The van der Waals surface area contributed by atoms with E-state index < -0.39 is 17.4 Å². The topological polar surface area (TPSA) is 71.1 Å². The molecule has 0 atom stereocenters. The van der Waals surface area contributed by atoms with Gasteiger partial charge in [-0.15, -0.1) is 0 Å². The molecule has 0 fully saturated rings. The van der Waals surface area contributed by atoms with Gasteiger partial charge in [0.05, 0.1) is 28.4 Å². The summed E-state index contributed by atoms with van der Waals surface area (Å²) in [7, 11) is 5.72. The van der Waals surface area contributed by atoms with Gasteiger partial charge in [0.1, 0.15) is 11.5 Å². The summed E-state index contributed by atoms with van der Waals surface area (Å²) < 4.78 is 20.6. The maximum atomic E-state index is 12.9. The number of hydrogen-bond donors (Lipinski definition) is 0. The fraction of sp³-hybridized carbons (Fsp3) is 0.241. The van der Waals surface area contributed by atoms with Crippen LogP contribution < -0.4 is 9.47 Å². The van der Waals surface area contributed by atoms with Gasteiger partial charge in [0, 0.05) is 29.0 Å². The van der Waals surface area contributed by atoms with Crippen LogP contribution in [-0.2, 0) is 31.9 Å². The van der Waals surface area contributed by atoms with E-state index in [0.29, 0.717) is 21.9 Å². The molecule has 0 heterocycles. The van der Waals surface area contributed by atoms with E-state index in [2.05, 4.69) is 11.8 Å². The summed E-state index contributed by atoms with van der Waals surface area (Å²) in [5.74, 6) is 6.60. The van der Waals surface area contributed by atoms with Crippen molar-refractivity contribution in [1.82, 2.24) is 0 Å². The third kappa shape index (κ3) is 4.50. The molecule has 184 valence electrons. The standard InChI is InChI=1S/C29H25ClO6/c1-33-20-10-5-18(6-11-20)7-14-22-23(19-8-12-21(34-2)13-9-19)15-26(30)25-17-29(16-24(22)25,27(31)35-3)28(32)36-4/h5-6,8-13,15H,16-17H2,1-4H3. The summed E-state index contributed by atoms with van der Waals surface area (Å²) in [4.78, 5) is 25.7. The van der Waals surface area contributed by atoms with Crippen molar-refractivity contribution in [1.29, 1.82) is 0 Å². The number of hydrogen-bond acceptors (Lipinski definition) is 6. The zero-order chi connectivity index (χ0) is 25.9. The highest BCUT2D eigenvalue weighted by Crippen LogP contribution is 2.46. The number of carbonyl (C=O) groups is 2. The van der Waals surface area contributed by atoms with Gasteiger partial charge in [-0.05, 0) is 64.7 Å². The Hall–Kier alpha value is -3.95. The number of benzene rings is 3. The Morgan fingerprint density at radius 3 is 1.83 bits per heavy atom. The van der Waals surface area contributed by atoms with Crippen LogP contribution >= 0.6 is 11.6 Å². The fourth-order valence-electron chi connectivity index (χ4n) is 4.51. The minimum atomic E-state index is -1.52. The molecular weight excluding hydrogens is 480 g/mol. The number of rotatable bonds is 5. The Morgan fingerprint density at radius 2 is 1.31 bits per heavy atom. The Kier molecular flexibility index (Phi) is 7.23. The number of fused-ring (bicyclic) bond motifs is 1. The van der Waals surface area contributed by atoms with Crippen molar-refractivity contribution in [3.63, 3.8) is 0 Å². The van der Waals surface area contributed by atoms with Crippen molar-refractivity contribution in [2.45, 2.75) is 12.8 Å². The second kappa shape index (κ2) is 10.3. The minimum absolute atomic E-state index is 0.0675. The molecule has 0 radical (unpaired) electrons. The van der Waals surface area contributed by atoms with Crippen LogP contribution in [0.25, 0.3) is 11.1 Å². The highest BCUT2D eigenvalue weighted by molar-refractivity contribution is 6.32. The van der Waals surface area contributed by atoms with Crippen molar-refractivity contribution < 1.29 is 28.5 Å². The van der Waals surface area contributed by atoms with Gasteiger partial charge in [-0.25, -0.2) is 0 Å². The largest absolute Gasteiger partial charge is 0.497 e. The highest BCUT2D eigenvalue weighted by atomic mass is 35.5. The molecule has 0 aliphatic heterocycles. The summed E-state index contributed by atoms with van der Waals surface area (Å²) in [5.41, 5.74) is 3.01. The molecular formula is C29H25ClO6. The molecule has 0 bridgehead atoms. The number of esters is 2. The van der Waals surface area contributed by atoms with Crippen LogP contribution in [0.4, 0.5) is 0 Å². The zero-order valence-electron chi connectivity index (χ0n) is 20.4. The highest BCUT2D eigenvalue weighted by Gasteiger charge is 2.54. The molecule has 7 heteroatoms. The van der Waals surface area contributed by atoms with E-state index in [-0.39, 0.29) is 12.8 Å². The molecule has 1 aliphatic carbocycles. The van der Waals surface area contributed by atoms with Crippen LogP contribution in [0, 0.1) is 17.3 Å². The Morgan fingerprint density at radius 1 is 0.778 bits per heavy atom. The van der Waals surface area contributed by atoms with Gasteiger partial charge in [0.15, 0.2) is 5.41 Å². The van der Waals surface area contributed by atoms with E-state index in [1.807, 2.05) is 54.6 Å². The summed E-state index contributed by atoms with van der Waals surface area (Å²) >= 11 is 6.74. The van der Waals surface area contributed by atoms with Crippen LogP contribution in [0.2, 0.25) is 5.02 Å².